The topological polar surface area (TPSA) is 57.7 Å². The summed E-state index contributed by atoms with van der Waals surface area (Å²) in [6.07, 6.45) is 0. The van der Waals surface area contributed by atoms with E-state index in [-0.39, 0.29) is 5.88 Å². The summed E-state index contributed by atoms with van der Waals surface area (Å²) in [5, 5.41) is 0. The van der Waals surface area contributed by atoms with Gasteiger partial charge in [0.25, 0.3) is 0 Å². The second kappa shape index (κ2) is 4.61. The Kier molecular flexibility index (Phi) is 3.41. The molecule has 0 aromatic carbocycles. The molecule has 19 heavy (non-hydrogen) atoms. The molecular formula is C13H18BNO4. The van der Waals surface area contributed by atoms with Crippen molar-refractivity contribution in [2.24, 2.45) is 0 Å². The average molecular weight is 263 g/mol. The lowest BCUT2D eigenvalue weighted by molar-refractivity contribution is -0.132. The van der Waals surface area contributed by atoms with Gasteiger partial charge in [-0.3, -0.25) is 4.79 Å². The summed E-state index contributed by atoms with van der Waals surface area (Å²) >= 11 is 0. The molecular weight excluding hydrogens is 245 g/mol. The van der Waals surface area contributed by atoms with Gasteiger partial charge in [-0.25, -0.2) is 4.98 Å². The summed E-state index contributed by atoms with van der Waals surface area (Å²) in [6, 6.07) is 5.16. The molecule has 0 amide bonds. The van der Waals surface area contributed by atoms with Crippen LogP contribution in [0.5, 0.6) is 5.88 Å². The highest BCUT2D eigenvalue weighted by atomic mass is 16.7. The van der Waals surface area contributed by atoms with Crippen LogP contribution in [0.2, 0.25) is 0 Å². The Hall–Kier alpha value is -1.40. The maximum absolute atomic E-state index is 10.9. The Bertz CT molecular complexity index is 485. The smallest absolute Gasteiger partial charge is 0.408 e. The summed E-state index contributed by atoms with van der Waals surface area (Å²) in [6.45, 7) is 9.24. The number of aromatic nitrogens is 1. The molecule has 2 rings (SSSR count). The number of nitrogens with zero attached hydrogens (tertiary/aromatic N) is 1. The molecule has 1 aromatic heterocycles. The zero-order valence-corrected chi connectivity index (χ0v) is 11.9. The monoisotopic (exact) mass is 263 g/mol. The third kappa shape index (κ3) is 2.79. The standard InChI is InChI=1S/C13H18BNO4/c1-9(16)17-11-8-6-7-10(15-11)14-18-12(2,3)13(4,5)19-14/h6-8H,1-5H3. The highest BCUT2D eigenvalue weighted by Crippen LogP contribution is 2.36. The fourth-order valence-electron chi connectivity index (χ4n) is 1.73. The van der Waals surface area contributed by atoms with Crippen molar-refractivity contribution >= 4 is 18.7 Å². The van der Waals surface area contributed by atoms with Crippen LogP contribution in [-0.4, -0.2) is 29.3 Å². The Morgan fingerprint density at radius 3 is 2.32 bits per heavy atom. The van der Waals surface area contributed by atoms with Gasteiger partial charge >= 0.3 is 13.1 Å². The van der Waals surface area contributed by atoms with Crippen molar-refractivity contribution in [3.63, 3.8) is 0 Å². The molecule has 0 aliphatic carbocycles. The van der Waals surface area contributed by atoms with Gasteiger partial charge in [0.2, 0.25) is 5.88 Å². The highest BCUT2D eigenvalue weighted by Gasteiger charge is 2.52. The lowest BCUT2D eigenvalue weighted by Crippen LogP contribution is -2.41. The van der Waals surface area contributed by atoms with E-state index < -0.39 is 24.3 Å². The van der Waals surface area contributed by atoms with E-state index in [0.29, 0.717) is 5.59 Å². The maximum atomic E-state index is 10.9. The third-order valence-electron chi connectivity index (χ3n) is 3.49. The van der Waals surface area contributed by atoms with E-state index in [0.717, 1.165) is 0 Å². The summed E-state index contributed by atoms with van der Waals surface area (Å²) in [5.41, 5.74) is -0.245. The molecule has 1 fully saturated rings. The minimum Gasteiger partial charge on any atom is -0.408 e. The van der Waals surface area contributed by atoms with Crippen LogP contribution in [0.1, 0.15) is 34.6 Å². The number of pyridine rings is 1. The van der Waals surface area contributed by atoms with Crippen LogP contribution in [0.4, 0.5) is 0 Å². The van der Waals surface area contributed by atoms with Crippen LogP contribution in [0.25, 0.3) is 0 Å². The highest BCUT2D eigenvalue weighted by molar-refractivity contribution is 6.61. The van der Waals surface area contributed by atoms with Crippen molar-refractivity contribution in [2.45, 2.75) is 45.8 Å². The number of carbonyl (C=O) groups excluding carboxylic acids is 1. The number of ether oxygens (including phenoxy) is 1. The molecule has 2 heterocycles. The van der Waals surface area contributed by atoms with Crippen LogP contribution in [0.15, 0.2) is 18.2 Å². The minimum absolute atomic E-state index is 0.250. The summed E-state index contributed by atoms with van der Waals surface area (Å²) in [4.78, 5) is 15.2. The van der Waals surface area contributed by atoms with E-state index in [9.17, 15) is 4.79 Å². The zero-order valence-electron chi connectivity index (χ0n) is 11.9. The molecule has 102 valence electrons. The van der Waals surface area contributed by atoms with Crippen molar-refractivity contribution in [3.05, 3.63) is 18.2 Å². The van der Waals surface area contributed by atoms with Gasteiger partial charge in [-0.15, -0.1) is 0 Å². The average Bonchev–Trinajstić information content (AvgIpc) is 2.47. The molecule has 0 unspecified atom stereocenters. The molecule has 0 radical (unpaired) electrons. The molecule has 0 bridgehead atoms. The fraction of sp³-hybridized carbons (Fsp3) is 0.538. The minimum atomic E-state index is -0.555. The van der Waals surface area contributed by atoms with E-state index in [4.69, 9.17) is 14.0 Å². The van der Waals surface area contributed by atoms with Gasteiger partial charge in [-0.1, -0.05) is 6.07 Å². The van der Waals surface area contributed by atoms with Crippen LogP contribution >= 0.6 is 0 Å². The lowest BCUT2D eigenvalue weighted by Gasteiger charge is -2.32. The first-order chi connectivity index (χ1) is 8.71. The second-order valence-electron chi connectivity index (χ2n) is 5.58. The van der Waals surface area contributed by atoms with Gasteiger partial charge in [0.05, 0.1) is 16.8 Å². The molecule has 1 aliphatic heterocycles. The molecule has 0 N–H and O–H groups in total. The zero-order chi connectivity index (χ0) is 14.3. The lowest BCUT2D eigenvalue weighted by atomic mass is 9.84. The van der Waals surface area contributed by atoms with Gasteiger partial charge in [0.15, 0.2) is 0 Å². The predicted molar refractivity (Wildman–Crippen MR) is 71.3 cm³/mol. The molecule has 0 spiro atoms. The van der Waals surface area contributed by atoms with Gasteiger partial charge in [0, 0.05) is 13.0 Å². The van der Waals surface area contributed by atoms with Crippen molar-refractivity contribution in [2.75, 3.05) is 0 Å². The van der Waals surface area contributed by atoms with E-state index in [1.807, 2.05) is 27.7 Å². The Labute approximate surface area is 113 Å². The molecule has 1 aromatic rings. The summed E-state index contributed by atoms with van der Waals surface area (Å²) < 4.78 is 16.7. The second-order valence-corrected chi connectivity index (χ2v) is 5.58. The first-order valence-electron chi connectivity index (χ1n) is 6.22. The van der Waals surface area contributed by atoms with E-state index in [2.05, 4.69) is 4.98 Å². The van der Waals surface area contributed by atoms with E-state index in [1.165, 1.54) is 6.92 Å². The molecule has 1 saturated heterocycles. The number of hydrogen-bond donors (Lipinski definition) is 0. The van der Waals surface area contributed by atoms with Crippen LogP contribution in [0.3, 0.4) is 0 Å². The number of carbonyl (C=O) groups is 1. The quantitative estimate of drug-likeness (QED) is 0.594. The Morgan fingerprint density at radius 2 is 1.79 bits per heavy atom. The first kappa shape index (κ1) is 14.0. The van der Waals surface area contributed by atoms with Crippen LogP contribution in [0, 0.1) is 0 Å². The Balaban J connectivity index is 2.22. The molecule has 0 atom stereocenters. The molecule has 0 saturated carbocycles. The largest absolute Gasteiger partial charge is 0.514 e. The molecule has 1 aliphatic rings. The molecule has 5 nitrogen and oxygen atoms in total. The summed E-state index contributed by atoms with van der Waals surface area (Å²) in [5.74, 6) is -0.154. The fourth-order valence-corrected chi connectivity index (χ4v) is 1.73. The predicted octanol–water partition coefficient (Wildman–Crippen LogP) is 1.31. The van der Waals surface area contributed by atoms with E-state index >= 15 is 0 Å². The molecule has 6 heteroatoms. The summed E-state index contributed by atoms with van der Waals surface area (Å²) in [7, 11) is -0.555. The van der Waals surface area contributed by atoms with Crippen molar-refractivity contribution < 1.29 is 18.8 Å². The number of esters is 1. The normalized spacial score (nSPS) is 20.4. The SMILES string of the molecule is CC(=O)Oc1cccc(B2OC(C)(C)C(C)(C)O2)n1. The van der Waals surface area contributed by atoms with Crippen molar-refractivity contribution in [1.29, 1.82) is 0 Å². The Morgan fingerprint density at radius 1 is 1.21 bits per heavy atom. The van der Waals surface area contributed by atoms with Crippen molar-refractivity contribution in [1.82, 2.24) is 4.98 Å². The number of rotatable bonds is 2. The maximum Gasteiger partial charge on any atom is 0.514 e. The number of hydrogen-bond acceptors (Lipinski definition) is 5. The van der Waals surface area contributed by atoms with Crippen molar-refractivity contribution in [3.8, 4) is 5.88 Å². The van der Waals surface area contributed by atoms with E-state index in [1.54, 1.807) is 18.2 Å². The van der Waals surface area contributed by atoms with Gasteiger partial charge < -0.3 is 14.0 Å². The van der Waals surface area contributed by atoms with Gasteiger partial charge in [-0.05, 0) is 33.8 Å². The van der Waals surface area contributed by atoms with Crippen LogP contribution in [-0.2, 0) is 14.1 Å². The first-order valence-corrected chi connectivity index (χ1v) is 6.22. The van der Waals surface area contributed by atoms with Gasteiger partial charge in [-0.2, -0.15) is 0 Å². The van der Waals surface area contributed by atoms with Gasteiger partial charge in [0.1, 0.15) is 0 Å². The van der Waals surface area contributed by atoms with Crippen LogP contribution < -0.4 is 10.3 Å². The third-order valence-corrected chi connectivity index (χ3v) is 3.49.